The lowest BCUT2D eigenvalue weighted by molar-refractivity contribution is -0.113. The first-order valence-electron chi connectivity index (χ1n) is 9.01. The molecule has 0 aliphatic carbocycles. The highest BCUT2D eigenvalue weighted by molar-refractivity contribution is 7.99. The van der Waals surface area contributed by atoms with Gasteiger partial charge in [0.2, 0.25) is 5.91 Å². The Bertz CT molecular complexity index is 1070. The number of hydrogen-bond acceptors (Lipinski definition) is 8. The molecule has 0 aliphatic heterocycles. The molecule has 1 N–H and O–H groups in total. The number of methoxy groups -OCH3 is 1. The number of amides is 1. The first-order valence-corrected chi connectivity index (χ1v) is 10.9. The van der Waals surface area contributed by atoms with E-state index in [1.807, 2.05) is 0 Å². The normalized spacial score (nSPS) is 10.5. The van der Waals surface area contributed by atoms with Crippen molar-refractivity contribution in [3.8, 4) is 5.75 Å². The largest absolute Gasteiger partial charge is 0.486 e. The van der Waals surface area contributed by atoms with E-state index < -0.39 is 5.97 Å². The molecule has 3 rings (SSSR count). The summed E-state index contributed by atoms with van der Waals surface area (Å²) in [7, 11) is 1.28. The van der Waals surface area contributed by atoms with Gasteiger partial charge in [-0.2, -0.15) is 0 Å². The first-order chi connectivity index (χ1) is 15.0. The maximum absolute atomic E-state index is 13.0. The number of allylic oxidation sites excluding steroid dienone is 1. The van der Waals surface area contributed by atoms with Crippen LogP contribution in [0.4, 0.5) is 9.39 Å². The predicted molar refractivity (Wildman–Crippen MR) is 116 cm³/mol. The number of thioether (sulfide) groups is 1. The van der Waals surface area contributed by atoms with Crippen molar-refractivity contribution in [3.05, 3.63) is 65.6 Å². The van der Waals surface area contributed by atoms with Gasteiger partial charge in [0.15, 0.2) is 11.0 Å². The molecule has 1 amide bonds. The monoisotopic (exact) mass is 462 g/mol. The van der Waals surface area contributed by atoms with Crippen molar-refractivity contribution in [2.45, 2.75) is 18.3 Å². The third-order valence-corrected chi connectivity index (χ3v) is 5.74. The lowest BCUT2D eigenvalue weighted by atomic mass is 10.3. The Hall–Kier alpha value is -3.18. The van der Waals surface area contributed by atoms with E-state index in [4.69, 9.17) is 9.47 Å². The molecule has 0 bridgehead atoms. The fourth-order valence-corrected chi connectivity index (χ4v) is 4.05. The molecule has 0 aliphatic rings. The van der Waals surface area contributed by atoms with Gasteiger partial charge in [0, 0.05) is 6.54 Å². The van der Waals surface area contributed by atoms with Gasteiger partial charge >= 0.3 is 5.97 Å². The molecule has 1 aromatic carbocycles. The number of nitrogens with one attached hydrogen (secondary N) is 1. The zero-order valence-corrected chi connectivity index (χ0v) is 18.2. The number of rotatable bonds is 10. The summed E-state index contributed by atoms with van der Waals surface area (Å²) in [6.45, 7) is 4.28. The molecule has 0 fully saturated rings. The Morgan fingerprint density at radius 3 is 2.77 bits per heavy atom. The third-order valence-electron chi connectivity index (χ3n) is 3.94. The van der Waals surface area contributed by atoms with Gasteiger partial charge in [-0.15, -0.1) is 28.1 Å². The molecular weight excluding hydrogens is 443 g/mol. The van der Waals surface area contributed by atoms with Crippen LogP contribution >= 0.6 is 23.1 Å². The van der Waals surface area contributed by atoms with Gasteiger partial charge in [-0.05, 0) is 35.7 Å². The Morgan fingerprint density at radius 2 is 2.06 bits per heavy atom. The van der Waals surface area contributed by atoms with E-state index in [0.29, 0.717) is 33.8 Å². The topological polar surface area (TPSA) is 95.3 Å². The van der Waals surface area contributed by atoms with Crippen molar-refractivity contribution in [1.29, 1.82) is 0 Å². The van der Waals surface area contributed by atoms with Crippen LogP contribution in [0.15, 0.2) is 53.5 Å². The molecule has 0 saturated carbocycles. The van der Waals surface area contributed by atoms with Gasteiger partial charge in [-0.25, -0.2) is 9.18 Å². The summed E-state index contributed by atoms with van der Waals surface area (Å²) in [6, 6.07) is 7.26. The van der Waals surface area contributed by atoms with Crippen LogP contribution in [0.5, 0.6) is 5.75 Å². The summed E-state index contributed by atoms with van der Waals surface area (Å²) in [6.07, 6.45) is 1.68. The van der Waals surface area contributed by atoms with E-state index in [-0.39, 0.29) is 24.1 Å². The number of carbonyl (C=O) groups excluding carboxylic acids is 2. The van der Waals surface area contributed by atoms with Crippen molar-refractivity contribution in [2.24, 2.45) is 0 Å². The van der Waals surface area contributed by atoms with E-state index in [0.717, 1.165) is 0 Å². The van der Waals surface area contributed by atoms with Gasteiger partial charge < -0.3 is 14.8 Å². The average Bonchev–Trinajstić information content (AvgIpc) is 3.38. The number of anilines is 1. The minimum atomic E-state index is -0.513. The average molecular weight is 463 g/mol. The maximum atomic E-state index is 13.0. The number of hydrogen-bond donors (Lipinski definition) is 1. The maximum Gasteiger partial charge on any atom is 0.340 e. The quantitative estimate of drug-likeness (QED) is 0.278. The third kappa shape index (κ3) is 5.92. The number of esters is 1. The van der Waals surface area contributed by atoms with Crippen molar-refractivity contribution in [2.75, 3.05) is 18.2 Å². The molecule has 2 heterocycles. The SMILES string of the molecule is C=CCn1c(COc2ccc(F)cc2)nnc1SCC(=O)Nc1sccc1C(=O)OC. The van der Waals surface area contributed by atoms with Crippen molar-refractivity contribution in [3.63, 3.8) is 0 Å². The second-order valence-corrected chi connectivity index (χ2v) is 7.89. The number of nitrogens with zero attached hydrogens (tertiary/aromatic N) is 3. The summed E-state index contributed by atoms with van der Waals surface area (Å²) >= 11 is 2.43. The summed E-state index contributed by atoms with van der Waals surface area (Å²) in [5, 5.41) is 13.6. The van der Waals surface area contributed by atoms with E-state index in [9.17, 15) is 14.0 Å². The van der Waals surface area contributed by atoms with Crippen LogP contribution in [0.3, 0.4) is 0 Å². The molecule has 0 spiro atoms. The fraction of sp³-hybridized carbons (Fsp3) is 0.200. The number of carbonyl (C=O) groups is 2. The fourth-order valence-electron chi connectivity index (χ4n) is 2.49. The van der Waals surface area contributed by atoms with Crippen molar-refractivity contribution >= 4 is 40.0 Å². The summed E-state index contributed by atoms with van der Waals surface area (Å²) in [4.78, 5) is 24.1. The van der Waals surface area contributed by atoms with Crippen LogP contribution in [0.2, 0.25) is 0 Å². The molecule has 0 radical (unpaired) electrons. The Balaban J connectivity index is 1.61. The van der Waals surface area contributed by atoms with Gasteiger partial charge in [-0.1, -0.05) is 17.8 Å². The highest BCUT2D eigenvalue weighted by atomic mass is 32.2. The number of benzene rings is 1. The van der Waals surface area contributed by atoms with Gasteiger partial charge in [0.25, 0.3) is 0 Å². The van der Waals surface area contributed by atoms with Crippen molar-refractivity contribution in [1.82, 2.24) is 14.8 Å². The Kier molecular flexibility index (Phi) is 7.79. The highest BCUT2D eigenvalue weighted by Gasteiger charge is 2.17. The number of aromatic nitrogens is 3. The number of thiophene rings is 1. The van der Waals surface area contributed by atoms with E-state index in [1.54, 1.807) is 22.1 Å². The molecule has 31 heavy (non-hydrogen) atoms. The van der Waals surface area contributed by atoms with E-state index in [1.165, 1.54) is 54.5 Å². The minimum absolute atomic E-state index is 0.0621. The lowest BCUT2D eigenvalue weighted by Crippen LogP contribution is -2.16. The minimum Gasteiger partial charge on any atom is -0.486 e. The summed E-state index contributed by atoms with van der Waals surface area (Å²) in [5.74, 6) is -0.0538. The molecule has 2 aromatic heterocycles. The molecular formula is C20H19FN4O4S2. The number of ether oxygens (including phenoxy) is 2. The molecule has 11 heteroatoms. The summed E-state index contributed by atoms with van der Waals surface area (Å²) in [5.41, 5.74) is 0.306. The van der Waals surface area contributed by atoms with Crippen LogP contribution in [-0.4, -0.2) is 39.5 Å². The van der Waals surface area contributed by atoms with Crippen LogP contribution in [0.1, 0.15) is 16.2 Å². The van der Waals surface area contributed by atoms with Crippen LogP contribution in [0, 0.1) is 5.82 Å². The molecule has 162 valence electrons. The zero-order chi connectivity index (χ0) is 22.2. The zero-order valence-electron chi connectivity index (χ0n) is 16.5. The Morgan fingerprint density at radius 1 is 1.29 bits per heavy atom. The second kappa shape index (κ2) is 10.7. The first kappa shape index (κ1) is 22.5. The standard InChI is InChI=1S/C20H19FN4O4S2/c1-3-9-25-16(11-29-14-6-4-13(21)5-7-14)23-24-20(25)31-12-17(26)22-18-15(8-10-30-18)19(27)28-2/h3-8,10H,1,9,11-12H2,2H3,(H,22,26). The predicted octanol–water partition coefficient (Wildman–Crippen LogP) is 3.76. The van der Waals surface area contributed by atoms with Crippen LogP contribution in [-0.2, 0) is 22.7 Å². The summed E-state index contributed by atoms with van der Waals surface area (Å²) < 4.78 is 25.1. The van der Waals surface area contributed by atoms with E-state index in [2.05, 4.69) is 22.1 Å². The molecule has 3 aromatic rings. The van der Waals surface area contributed by atoms with E-state index >= 15 is 0 Å². The van der Waals surface area contributed by atoms with Crippen LogP contribution in [0.25, 0.3) is 0 Å². The second-order valence-electron chi connectivity index (χ2n) is 6.03. The highest BCUT2D eigenvalue weighted by Crippen LogP contribution is 2.25. The lowest BCUT2D eigenvalue weighted by Gasteiger charge is -2.09. The molecule has 0 saturated heterocycles. The van der Waals surface area contributed by atoms with Gasteiger partial charge in [0.05, 0.1) is 18.4 Å². The molecule has 8 nitrogen and oxygen atoms in total. The smallest absolute Gasteiger partial charge is 0.340 e. The number of halogens is 1. The molecule has 0 atom stereocenters. The Labute approximate surface area is 186 Å². The van der Waals surface area contributed by atoms with Crippen LogP contribution < -0.4 is 10.1 Å². The molecule has 0 unspecified atom stereocenters. The van der Waals surface area contributed by atoms with Gasteiger partial charge in [-0.3, -0.25) is 9.36 Å². The van der Waals surface area contributed by atoms with Gasteiger partial charge in [0.1, 0.15) is 23.2 Å². The van der Waals surface area contributed by atoms with Crippen molar-refractivity contribution < 1.29 is 23.5 Å².